The second-order valence-corrected chi connectivity index (χ2v) is 8.87. The van der Waals surface area contributed by atoms with Gasteiger partial charge >= 0.3 is 0 Å². The second kappa shape index (κ2) is 12.3. The van der Waals surface area contributed by atoms with E-state index in [9.17, 15) is 9.59 Å². The van der Waals surface area contributed by atoms with Crippen molar-refractivity contribution in [2.24, 2.45) is 22.9 Å². The van der Waals surface area contributed by atoms with Gasteiger partial charge in [-0.3, -0.25) is 9.59 Å². The molecule has 0 spiro atoms. The molecule has 0 saturated heterocycles. The third kappa shape index (κ3) is 11.3. The van der Waals surface area contributed by atoms with E-state index in [1.807, 2.05) is 0 Å². The lowest BCUT2D eigenvalue weighted by atomic mass is 9.69. The molecule has 0 aromatic heterocycles. The molecule has 2 aliphatic carbocycles. The number of hydrogen-bond donors (Lipinski definition) is 4. The van der Waals surface area contributed by atoms with Crippen LogP contribution < -0.4 is 22.9 Å². The van der Waals surface area contributed by atoms with Crippen LogP contribution in [-0.4, -0.2) is 22.9 Å². The minimum Gasteiger partial charge on any atom is -0.370 e. The largest absolute Gasteiger partial charge is 0.370 e. The van der Waals surface area contributed by atoms with Crippen LogP contribution in [0.3, 0.4) is 0 Å². The summed E-state index contributed by atoms with van der Waals surface area (Å²) in [5.41, 5.74) is 23.0. The van der Waals surface area contributed by atoms with Gasteiger partial charge in [-0.2, -0.15) is 0 Å². The SMILES string of the molecule is NC(=O)CCCCCCC(N)=O.NC1(CC2(N)CCCCC2)CCCCC1. The van der Waals surface area contributed by atoms with Crippen molar-refractivity contribution in [3.63, 3.8) is 0 Å². The maximum absolute atomic E-state index is 10.3. The molecule has 0 aromatic rings. The van der Waals surface area contributed by atoms with Crippen molar-refractivity contribution in [3.05, 3.63) is 0 Å². The third-order valence-corrected chi connectivity index (χ3v) is 6.00. The Morgan fingerprint density at radius 3 is 1.22 bits per heavy atom. The van der Waals surface area contributed by atoms with Gasteiger partial charge < -0.3 is 22.9 Å². The van der Waals surface area contributed by atoms with E-state index in [4.69, 9.17) is 22.9 Å². The van der Waals surface area contributed by atoms with Crippen LogP contribution in [0.15, 0.2) is 0 Å². The first-order valence-corrected chi connectivity index (χ1v) is 10.9. The average molecular weight is 383 g/mol. The highest BCUT2D eigenvalue weighted by atomic mass is 16.1. The molecule has 2 rings (SSSR count). The van der Waals surface area contributed by atoms with Crippen LogP contribution in [0.4, 0.5) is 0 Å². The van der Waals surface area contributed by atoms with Crippen LogP contribution in [0.25, 0.3) is 0 Å². The maximum Gasteiger partial charge on any atom is 0.217 e. The van der Waals surface area contributed by atoms with E-state index in [0.717, 1.165) is 32.1 Å². The molecule has 0 aromatic carbocycles. The van der Waals surface area contributed by atoms with Crippen LogP contribution in [0, 0.1) is 0 Å². The summed E-state index contributed by atoms with van der Waals surface area (Å²) in [5.74, 6) is -0.519. The monoisotopic (exact) mass is 382 g/mol. The zero-order chi connectivity index (χ0) is 20.2. The molecule has 0 radical (unpaired) electrons. The van der Waals surface area contributed by atoms with E-state index in [-0.39, 0.29) is 22.9 Å². The average Bonchev–Trinajstić information content (AvgIpc) is 2.58. The Hall–Kier alpha value is -1.14. The van der Waals surface area contributed by atoms with Crippen molar-refractivity contribution < 1.29 is 9.59 Å². The summed E-state index contributed by atoms with van der Waals surface area (Å²) in [4.78, 5) is 20.6. The van der Waals surface area contributed by atoms with E-state index in [2.05, 4.69) is 0 Å². The van der Waals surface area contributed by atoms with E-state index < -0.39 is 0 Å². The summed E-state index contributed by atoms with van der Waals surface area (Å²) in [6, 6.07) is 0. The van der Waals surface area contributed by atoms with Gasteiger partial charge in [0.2, 0.25) is 11.8 Å². The summed E-state index contributed by atoms with van der Waals surface area (Å²) in [7, 11) is 0. The molecule has 0 unspecified atom stereocenters. The van der Waals surface area contributed by atoms with Gasteiger partial charge in [0.15, 0.2) is 0 Å². The van der Waals surface area contributed by atoms with Crippen LogP contribution in [0.1, 0.15) is 109 Å². The number of carbonyl (C=O) groups is 2. The topological polar surface area (TPSA) is 138 Å². The van der Waals surface area contributed by atoms with E-state index in [1.54, 1.807) is 0 Å². The molecule has 27 heavy (non-hydrogen) atoms. The van der Waals surface area contributed by atoms with Crippen molar-refractivity contribution in [3.8, 4) is 0 Å². The smallest absolute Gasteiger partial charge is 0.217 e. The summed E-state index contributed by atoms with van der Waals surface area (Å²) in [5, 5.41) is 0. The number of amides is 2. The van der Waals surface area contributed by atoms with E-state index in [0.29, 0.717) is 12.8 Å². The van der Waals surface area contributed by atoms with Crippen LogP contribution in [0.2, 0.25) is 0 Å². The Kier molecular flexibility index (Phi) is 10.9. The molecule has 6 heteroatoms. The predicted octanol–water partition coefficient (Wildman–Crippen LogP) is 3.00. The number of hydrogen-bond acceptors (Lipinski definition) is 4. The first-order chi connectivity index (χ1) is 12.7. The predicted molar refractivity (Wildman–Crippen MR) is 111 cm³/mol. The number of rotatable bonds is 9. The van der Waals surface area contributed by atoms with Gasteiger partial charge in [0.25, 0.3) is 0 Å². The lowest BCUT2D eigenvalue weighted by molar-refractivity contribution is -0.119. The molecule has 2 saturated carbocycles. The Labute approximate surface area is 165 Å². The zero-order valence-corrected chi connectivity index (χ0v) is 17.1. The molecule has 158 valence electrons. The van der Waals surface area contributed by atoms with Crippen LogP contribution in [-0.2, 0) is 9.59 Å². The van der Waals surface area contributed by atoms with Crippen molar-refractivity contribution in [1.82, 2.24) is 0 Å². The highest BCUT2D eigenvalue weighted by Gasteiger charge is 2.37. The molecule has 0 atom stereocenters. The summed E-state index contributed by atoms with van der Waals surface area (Å²) >= 11 is 0. The van der Waals surface area contributed by atoms with Crippen molar-refractivity contribution >= 4 is 11.8 Å². The molecule has 2 amide bonds. The van der Waals surface area contributed by atoms with Crippen molar-refractivity contribution in [1.29, 1.82) is 0 Å². The number of primary amides is 2. The van der Waals surface area contributed by atoms with Crippen molar-refractivity contribution in [2.45, 2.75) is 120 Å². The summed E-state index contributed by atoms with van der Waals surface area (Å²) in [6.07, 6.45) is 18.3. The number of nitrogens with two attached hydrogens (primary N) is 4. The molecule has 0 heterocycles. The highest BCUT2D eigenvalue weighted by molar-refractivity contribution is 5.74. The Bertz CT molecular complexity index is 401. The fraction of sp³-hybridized carbons (Fsp3) is 0.905. The summed E-state index contributed by atoms with van der Waals surface area (Å²) in [6.45, 7) is 0. The van der Waals surface area contributed by atoms with Crippen LogP contribution in [0.5, 0.6) is 0 Å². The normalized spacial score (nSPS) is 21.0. The zero-order valence-electron chi connectivity index (χ0n) is 17.1. The lowest BCUT2D eigenvalue weighted by Gasteiger charge is -2.43. The molecule has 0 aliphatic heterocycles. The van der Waals surface area contributed by atoms with Gasteiger partial charge in [-0.05, 0) is 44.9 Å². The van der Waals surface area contributed by atoms with Gasteiger partial charge in [0.05, 0.1) is 0 Å². The summed E-state index contributed by atoms with van der Waals surface area (Å²) < 4.78 is 0. The first-order valence-electron chi connectivity index (χ1n) is 10.9. The number of carbonyl (C=O) groups excluding carboxylic acids is 2. The Morgan fingerprint density at radius 2 is 0.926 bits per heavy atom. The minimum absolute atomic E-state index is 0.0738. The number of unbranched alkanes of at least 4 members (excludes halogenated alkanes) is 3. The van der Waals surface area contributed by atoms with Gasteiger partial charge in [0.1, 0.15) is 0 Å². The molecule has 2 aliphatic rings. The van der Waals surface area contributed by atoms with Gasteiger partial charge in [-0.1, -0.05) is 51.4 Å². The third-order valence-electron chi connectivity index (χ3n) is 6.00. The molecule has 0 bridgehead atoms. The maximum atomic E-state index is 10.3. The van der Waals surface area contributed by atoms with E-state index in [1.165, 1.54) is 64.2 Å². The molecule has 6 nitrogen and oxygen atoms in total. The molecular weight excluding hydrogens is 340 g/mol. The molecule has 8 N–H and O–H groups in total. The quantitative estimate of drug-likeness (QED) is 0.455. The second-order valence-electron chi connectivity index (χ2n) is 8.87. The van der Waals surface area contributed by atoms with Gasteiger partial charge in [-0.25, -0.2) is 0 Å². The Balaban J connectivity index is 0.000000279. The molecular formula is C21H42N4O2. The fourth-order valence-electron chi connectivity index (χ4n) is 4.52. The Morgan fingerprint density at radius 1 is 0.593 bits per heavy atom. The lowest BCUT2D eigenvalue weighted by Crippen LogP contribution is -2.53. The molecule has 2 fully saturated rings. The highest BCUT2D eigenvalue weighted by Crippen LogP contribution is 2.37. The first kappa shape index (κ1) is 23.9. The van der Waals surface area contributed by atoms with Gasteiger partial charge in [0, 0.05) is 23.9 Å². The van der Waals surface area contributed by atoms with Gasteiger partial charge in [-0.15, -0.1) is 0 Å². The van der Waals surface area contributed by atoms with Crippen molar-refractivity contribution in [2.75, 3.05) is 0 Å². The minimum atomic E-state index is -0.259. The van der Waals surface area contributed by atoms with E-state index >= 15 is 0 Å². The standard InChI is InChI=1S/C13H26N2.C8H16N2O2/c14-12(7-3-1-4-8-12)11-13(15)9-5-2-6-10-13;9-7(11)5-3-1-2-4-6-8(10)12/h1-11,14-15H2;1-6H2,(H2,9,11)(H2,10,12). The van der Waals surface area contributed by atoms with Crippen LogP contribution >= 0.6 is 0 Å². The fourth-order valence-corrected chi connectivity index (χ4v) is 4.52.